The Kier molecular flexibility index (Phi) is 6.80. The van der Waals surface area contributed by atoms with Gasteiger partial charge in [-0.15, -0.1) is 0 Å². The van der Waals surface area contributed by atoms with E-state index in [-0.39, 0.29) is 5.97 Å². The fourth-order valence-electron chi connectivity index (χ4n) is 2.64. The number of hydrogen-bond donors (Lipinski definition) is 1. The maximum atomic E-state index is 11.4. The Balaban J connectivity index is 2.54. The lowest BCUT2D eigenvalue weighted by Gasteiger charge is -2.39. The van der Waals surface area contributed by atoms with Crippen molar-refractivity contribution in [2.24, 2.45) is 17.8 Å². The van der Waals surface area contributed by atoms with Crippen molar-refractivity contribution in [2.45, 2.75) is 40.2 Å². The monoisotopic (exact) mass is 270 g/mol. The topological polar surface area (TPSA) is 41.6 Å². The second kappa shape index (κ2) is 7.85. The van der Waals surface area contributed by atoms with Crippen molar-refractivity contribution in [2.75, 3.05) is 33.3 Å². The lowest BCUT2D eigenvalue weighted by molar-refractivity contribution is -0.142. The minimum atomic E-state index is -0.132. The zero-order valence-corrected chi connectivity index (χ0v) is 13.1. The average Bonchev–Trinajstić information content (AvgIpc) is 2.35. The maximum Gasteiger partial charge on any atom is 0.319 e. The summed E-state index contributed by atoms with van der Waals surface area (Å²) in [7, 11) is 1.46. The van der Waals surface area contributed by atoms with E-state index in [2.05, 4.69) is 37.9 Å². The van der Waals surface area contributed by atoms with E-state index in [4.69, 9.17) is 4.74 Å². The molecule has 0 spiro atoms. The number of piperidine rings is 1. The number of carbonyl (C=O) groups excluding carboxylic acids is 1. The fourth-order valence-corrected chi connectivity index (χ4v) is 2.64. The number of nitrogens with one attached hydrogen (secondary N) is 1. The van der Waals surface area contributed by atoms with E-state index >= 15 is 0 Å². The Hall–Kier alpha value is -0.610. The Bertz CT molecular complexity index is 279. The molecule has 4 heteroatoms. The molecule has 0 aromatic carbocycles. The van der Waals surface area contributed by atoms with Crippen molar-refractivity contribution >= 4 is 5.97 Å². The number of esters is 1. The van der Waals surface area contributed by atoms with E-state index in [0.29, 0.717) is 30.3 Å². The third kappa shape index (κ3) is 5.91. The third-order valence-corrected chi connectivity index (χ3v) is 3.90. The smallest absolute Gasteiger partial charge is 0.319 e. The minimum absolute atomic E-state index is 0.132. The molecule has 1 N–H and O–H groups in total. The highest BCUT2D eigenvalue weighted by Gasteiger charge is 2.29. The van der Waals surface area contributed by atoms with Crippen molar-refractivity contribution in [1.82, 2.24) is 10.2 Å². The molecule has 1 heterocycles. The van der Waals surface area contributed by atoms with Crippen molar-refractivity contribution in [3.8, 4) is 0 Å². The van der Waals surface area contributed by atoms with Gasteiger partial charge in [0.15, 0.2) is 0 Å². The van der Waals surface area contributed by atoms with Crippen LogP contribution in [0.15, 0.2) is 0 Å². The molecule has 1 aliphatic rings. The van der Waals surface area contributed by atoms with Gasteiger partial charge in [0.05, 0.1) is 13.7 Å². The molecular weight excluding hydrogens is 240 g/mol. The van der Waals surface area contributed by atoms with Crippen molar-refractivity contribution < 1.29 is 9.53 Å². The molecule has 112 valence electrons. The molecule has 0 aromatic heterocycles. The second-order valence-electron chi connectivity index (χ2n) is 6.51. The van der Waals surface area contributed by atoms with Crippen LogP contribution < -0.4 is 5.32 Å². The summed E-state index contributed by atoms with van der Waals surface area (Å²) < 4.78 is 4.78. The van der Waals surface area contributed by atoms with Gasteiger partial charge in [0.1, 0.15) is 0 Å². The summed E-state index contributed by atoms with van der Waals surface area (Å²) in [5, 5.41) is 3.63. The summed E-state index contributed by atoms with van der Waals surface area (Å²) in [6.07, 6.45) is 1.21. The van der Waals surface area contributed by atoms with Gasteiger partial charge in [0.2, 0.25) is 0 Å². The van der Waals surface area contributed by atoms with Gasteiger partial charge in [0, 0.05) is 19.1 Å². The van der Waals surface area contributed by atoms with Gasteiger partial charge in [-0.2, -0.15) is 0 Å². The standard InChI is InChI=1S/C15H30N2O2/c1-11(2)7-16-14-6-13(12(3)4)8-17(9-14)10-15(18)19-5/h11-14,16H,6-10H2,1-5H3. The van der Waals surface area contributed by atoms with Gasteiger partial charge in [-0.1, -0.05) is 27.7 Å². The SMILES string of the molecule is COC(=O)CN1CC(NCC(C)C)CC(C(C)C)C1. The van der Waals surface area contributed by atoms with E-state index in [1.54, 1.807) is 0 Å². The molecule has 1 fully saturated rings. The van der Waals surface area contributed by atoms with E-state index in [1.807, 2.05) is 0 Å². The number of ether oxygens (including phenoxy) is 1. The number of rotatable bonds is 6. The van der Waals surface area contributed by atoms with Gasteiger partial charge in [0.25, 0.3) is 0 Å². The summed E-state index contributed by atoms with van der Waals surface area (Å²) in [4.78, 5) is 13.7. The minimum Gasteiger partial charge on any atom is -0.468 e. The van der Waals surface area contributed by atoms with Crippen molar-refractivity contribution in [3.05, 3.63) is 0 Å². The van der Waals surface area contributed by atoms with Crippen LogP contribution in [-0.2, 0) is 9.53 Å². The van der Waals surface area contributed by atoms with Crippen LogP contribution in [-0.4, -0.2) is 50.2 Å². The average molecular weight is 270 g/mol. The molecule has 0 saturated carbocycles. The molecule has 2 atom stereocenters. The lowest BCUT2D eigenvalue weighted by Crippen LogP contribution is -2.52. The van der Waals surface area contributed by atoms with E-state index in [9.17, 15) is 4.79 Å². The number of hydrogen-bond acceptors (Lipinski definition) is 4. The quantitative estimate of drug-likeness (QED) is 0.747. The van der Waals surface area contributed by atoms with E-state index in [1.165, 1.54) is 13.5 Å². The highest BCUT2D eigenvalue weighted by molar-refractivity contribution is 5.71. The first kappa shape index (κ1) is 16.4. The molecule has 0 bridgehead atoms. The Labute approximate surface area is 117 Å². The largest absolute Gasteiger partial charge is 0.468 e. The molecule has 0 amide bonds. The van der Waals surface area contributed by atoms with Crippen molar-refractivity contribution in [3.63, 3.8) is 0 Å². The van der Waals surface area contributed by atoms with Gasteiger partial charge >= 0.3 is 5.97 Å². The van der Waals surface area contributed by atoms with Crippen LogP contribution in [0.2, 0.25) is 0 Å². The molecule has 2 unspecified atom stereocenters. The molecule has 4 nitrogen and oxygen atoms in total. The predicted octanol–water partition coefficient (Wildman–Crippen LogP) is 1.75. The first-order chi connectivity index (χ1) is 8.92. The summed E-state index contributed by atoms with van der Waals surface area (Å²) in [5.41, 5.74) is 0. The normalized spacial score (nSPS) is 25.0. The van der Waals surface area contributed by atoms with Crippen molar-refractivity contribution in [1.29, 1.82) is 0 Å². The summed E-state index contributed by atoms with van der Waals surface area (Å²) in [6.45, 7) is 12.4. The molecular formula is C15H30N2O2. The van der Waals surface area contributed by atoms with Crippen LogP contribution in [0.1, 0.15) is 34.1 Å². The maximum absolute atomic E-state index is 11.4. The number of carbonyl (C=O) groups is 1. The molecule has 1 rings (SSSR count). The van der Waals surface area contributed by atoms with Gasteiger partial charge < -0.3 is 10.1 Å². The molecule has 1 saturated heterocycles. The fraction of sp³-hybridized carbons (Fsp3) is 0.933. The number of methoxy groups -OCH3 is 1. The van der Waals surface area contributed by atoms with Crippen LogP contribution in [0.25, 0.3) is 0 Å². The molecule has 0 aromatic rings. The van der Waals surface area contributed by atoms with Gasteiger partial charge in [-0.05, 0) is 30.7 Å². The molecule has 19 heavy (non-hydrogen) atoms. The highest BCUT2D eigenvalue weighted by atomic mass is 16.5. The zero-order valence-electron chi connectivity index (χ0n) is 13.1. The molecule has 0 radical (unpaired) electrons. The van der Waals surface area contributed by atoms with Crippen LogP contribution in [0.3, 0.4) is 0 Å². The van der Waals surface area contributed by atoms with E-state index < -0.39 is 0 Å². The lowest BCUT2D eigenvalue weighted by atomic mass is 9.85. The van der Waals surface area contributed by atoms with Crippen LogP contribution in [0.4, 0.5) is 0 Å². The van der Waals surface area contributed by atoms with Gasteiger partial charge in [-0.3, -0.25) is 9.69 Å². The predicted molar refractivity (Wildman–Crippen MR) is 78.0 cm³/mol. The van der Waals surface area contributed by atoms with Crippen LogP contribution >= 0.6 is 0 Å². The Morgan fingerprint density at radius 2 is 2.00 bits per heavy atom. The Morgan fingerprint density at radius 1 is 1.32 bits per heavy atom. The Morgan fingerprint density at radius 3 is 2.53 bits per heavy atom. The zero-order chi connectivity index (χ0) is 14.4. The first-order valence-electron chi connectivity index (χ1n) is 7.44. The third-order valence-electron chi connectivity index (χ3n) is 3.90. The number of likely N-dealkylation sites (tertiary alicyclic amines) is 1. The number of nitrogens with zero attached hydrogens (tertiary/aromatic N) is 1. The van der Waals surface area contributed by atoms with E-state index in [0.717, 1.165) is 19.6 Å². The summed E-state index contributed by atoms with van der Waals surface area (Å²) in [5.74, 6) is 1.84. The first-order valence-corrected chi connectivity index (χ1v) is 7.44. The molecule has 1 aliphatic heterocycles. The summed E-state index contributed by atoms with van der Waals surface area (Å²) in [6, 6.07) is 0.494. The second-order valence-corrected chi connectivity index (χ2v) is 6.51. The van der Waals surface area contributed by atoms with Gasteiger partial charge in [-0.25, -0.2) is 0 Å². The van der Waals surface area contributed by atoms with Crippen LogP contribution in [0.5, 0.6) is 0 Å². The highest BCUT2D eigenvalue weighted by Crippen LogP contribution is 2.24. The molecule has 0 aliphatic carbocycles. The van der Waals surface area contributed by atoms with Crippen LogP contribution in [0, 0.1) is 17.8 Å². The summed E-state index contributed by atoms with van der Waals surface area (Å²) >= 11 is 0.